The number of methoxy groups -OCH3 is 1. The summed E-state index contributed by atoms with van der Waals surface area (Å²) in [6, 6.07) is 14.0. The number of rotatable bonds is 8. The highest BCUT2D eigenvalue weighted by atomic mass is 19.1. The number of benzene rings is 2. The van der Waals surface area contributed by atoms with Gasteiger partial charge in [0.1, 0.15) is 11.6 Å². The molecule has 28 heavy (non-hydrogen) atoms. The number of amides is 2. The largest absolute Gasteiger partial charge is 0.496 e. The highest BCUT2D eigenvalue weighted by Crippen LogP contribution is 2.21. The molecule has 1 aliphatic rings. The summed E-state index contributed by atoms with van der Waals surface area (Å²) in [6.45, 7) is 1.48. The number of nitrogens with one attached hydrogen (secondary N) is 1. The molecule has 2 amide bonds. The first-order valence-electron chi connectivity index (χ1n) is 9.48. The molecule has 2 aromatic carbocycles. The monoisotopic (exact) mass is 384 g/mol. The molecule has 1 saturated heterocycles. The molecule has 0 spiro atoms. The lowest BCUT2D eigenvalue weighted by molar-refractivity contribution is -0.129. The van der Waals surface area contributed by atoms with Crippen LogP contribution in [-0.4, -0.2) is 43.5 Å². The lowest BCUT2D eigenvalue weighted by atomic mass is 10.1. The summed E-state index contributed by atoms with van der Waals surface area (Å²) in [5, 5.41) is 2.89. The predicted molar refractivity (Wildman–Crippen MR) is 104 cm³/mol. The van der Waals surface area contributed by atoms with Crippen LogP contribution in [0.2, 0.25) is 0 Å². The smallest absolute Gasteiger partial charge is 0.225 e. The van der Waals surface area contributed by atoms with Gasteiger partial charge < -0.3 is 15.0 Å². The van der Waals surface area contributed by atoms with Gasteiger partial charge in [0.05, 0.1) is 13.0 Å². The van der Waals surface area contributed by atoms with Crippen LogP contribution in [0, 0.1) is 11.7 Å². The zero-order valence-corrected chi connectivity index (χ0v) is 16.0. The second-order valence-electron chi connectivity index (χ2n) is 6.97. The average molecular weight is 384 g/mol. The van der Waals surface area contributed by atoms with E-state index in [9.17, 15) is 14.0 Å². The number of likely N-dealkylation sites (tertiary alicyclic amines) is 1. The van der Waals surface area contributed by atoms with E-state index in [1.165, 1.54) is 12.1 Å². The van der Waals surface area contributed by atoms with Crippen molar-refractivity contribution in [3.8, 4) is 5.75 Å². The standard InChI is InChI=1S/C22H25FN2O3/c1-28-20-5-3-2-4-17(20)11-13-25-15-18(14-21(25)26)22(27)24-12-10-16-6-8-19(23)9-7-16/h2-9,18H,10-15H2,1H3,(H,24,27). The Morgan fingerprint density at radius 2 is 1.93 bits per heavy atom. The van der Waals surface area contributed by atoms with Gasteiger partial charge in [-0.05, 0) is 42.2 Å². The van der Waals surface area contributed by atoms with Gasteiger partial charge in [-0.2, -0.15) is 0 Å². The van der Waals surface area contributed by atoms with Crippen LogP contribution >= 0.6 is 0 Å². The second kappa shape index (κ2) is 9.35. The molecule has 1 unspecified atom stereocenters. The summed E-state index contributed by atoms with van der Waals surface area (Å²) < 4.78 is 18.3. The summed E-state index contributed by atoms with van der Waals surface area (Å²) in [7, 11) is 1.63. The maximum atomic E-state index is 12.9. The number of hydrogen-bond acceptors (Lipinski definition) is 3. The molecule has 0 aromatic heterocycles. The molecule has 1 aliphatic heterocycles. The highest BCUT2D eigenvalue weighted by molar-refractivity contribution is 5.89. The maximum Gasteiger partial charge on any atom is 0.225 e. The van der Waals surface area contributed by atoms with Gasteiger partial charge >= 0.3 is 0 Å². The van der Waals surface area contributed by atoms with Crippen molar-refractivity contribution in [3.63, 3.8) is 0 Å². The van der Waals surface area contributed by atoms with E-state index in [4.69, 9.17) is 4.74 Å². The third-order valence-corrected chi connectivity index (χ3v) is 5.06. The molecule has 1 heterocycles. The molecule has 2 aromatic rings. The first-order valence-corrected chi connectivity index (χ1v) is 9.48. The van der Waals surface area contributed by atoms with Crippen molar-refractivity contribution >= 4 is 11.8 Å². The SMILES string of the molecule is COc1ccccc1CCN1CC(C(=O)NCCc2ccc(F)cc2)CC1=O. The molecular formula is C22H25FN2O3. The Morgan fingerprint density at radius 1 is 1.18 bits per heavy atom. The van der Waals surface area contributed by atoms with E-state index in [2.05, 4.69) is 5.32 Å². The molecule has 0 aliphatic carbocycles. The maximum absolute atomic E-state index is 12.9. The van der Waals surface area contributed by atoms with Gasteiger partial charge in [0.25, 0.3) is 0 Å². The Labute approximate surface area is 164 Å². The number of halogens is 1. The van der Waals surface area contributed by atoms with Crippen LogP contribution in [0.4, 0.5) is 4.39 Å². The molecule has 0 saturated carbocycles. The van der Waals surface area contributed by atoms with E-state index in [0.29, 0.717) is 32.5 Å². The number of hydrogen-bond donors (Lipinski definition) is 1. The Balaban J connectivity index is 1.45. The number of carbonyl (C=O) groups is 2. The first kappa shape index (κ1) is 19.9. The molecule has 148 valence electrons. The molecule has 1 N–H and O–H groups in total. The van der Waals surface area contributed by atoms with E-state index in [1.807, 2.05) is 24.3 Å². The van der Waals surface area contributed by atoms with Crippen molar-refractivity contribution < 1.29 is 18.7 Å². The van der Waals surface area contributed by atoms with Crippen molar-refractivity contribution in [1.82, 2.24) is 10.2 Å². The Kier molecular flexibility index (Phi) is 6.63. The van der Waals surface area contributed by atoms with Crippen LogP contribution in [0.1, 0.15) is 17.5 Å². The van der Waals surface area contributed by atoms with Gasteiger partial charge in [0.2, 0.25) is 11.8 Å². The molecule has 1 atom stereocenters. The summed E-state index contributed by atoms with van der Waals surface area (Å²) in [6.07, 6.45) is 1.56. The van der Waals surface area contributed by atoms with Crippen LogP contribution in [0.25, 0.3) is 0 Å². The van der Waals surface area contributed by atoms with Gasteiger partial charge in [-0.25, -0.2) is 4.39 Å². The van der Waals surface area contributed by atoms with E-state index in [1.54, 1.807) is 24.1 Å². The molecule has 0 bridgehead atoms. The van der Waals surface area contributed by atoms with Gasteiger partial charge in [-0.3, -0.25) is 9.59 Å². The number of ether oxygens (including phenoxy) is 1. The molecule has 6 heteroatoms. The zero-order valence-electron chi connectivity index (χ0n) is 16.0. The fourth-order valence-electron chi connectivity index (χ4n) is 3.45. The molecule has 0 radical (unpaired) electrons. The van der Waals surface area contributed by atoms with Crippen LogP contribution < -0.4 is 10.1 Å². The molecule has 3 rings (SSSR count). The third kappa shape index (κ3) is 5.09. The van der Waals surface area contributed by atoms with Crippen LogP contribution in [0.5, 0.6) is 5.75 Å². The molecular weight excluding hydrogens is 359 g/mol. The molecule has 5 nitrogen and oxygen atoms in total. The van der Waals surface area contributed by atoms with Crippen LogP contribution in [0.3, 0.4) is 0 Å². The average Bonchev–Trinajstić information content (AvgIpc) is 3.08. The van der Waals surface area contributed by atoms with E-state index in [0.717, 1.165) is 16.9 Å². The van der Waals surface area contributed by atoms with E-state index < -0.39 is 0 Å². The first-order chi connectivity index (χ1) is 13.6. The van der Waals surface area contributed by atoms with Crippen molar-refractivity contribution in [2.75, 3.05) is 26.7 Å². The van der Waals surface area contributed by atoms with Crippen LogP contribution in [0.15, 0.2) is 48.5 Å². The van der Waals surface area contributed by atoms with Crippen molar-refractivity contribution in [3.05, 3.63) is 65.5 Å². The summed E-state index contributed by atoms with van der Waals surface area (Å²) >= 11 is 0. The van der Waals surface area contributed by atoms with Crippen LogP contribution in [-0.2, 0) is 22.4 Å². The lowest BCUT2D eigenvalue weighted by Crippen LogP contribution is -2.34. The summed E-state index contributed by atoms with van der Waals surface area (Å²) in [5.74, 6) is 0.122. The van der Waals surface area contributed by atoms with Crippen molar-refractivity contribution in [2.24, 2.45) is 5.92 Å². The third-order valence-electron chi connectivity index (χ3n) is 5.06. The zero-order chi connectivity index (χ0) is 19.9. The number of nitrogens with zero attached hydrogens (tertiary/aromatic N) is 1. The Bertz CT molecular complexity index is 823. The lowest BCUT2D eigenvalue weighted by Gasteiger charge is -2.17. The minimum absolute atomic E-state index is 0.00795. The van der Waals surface area contributed by atoms with Gasteiger partial charge in [-0.1, -0.05) is 30.3 Å². The number of carbonyl (C=O) groups excluding carboxylic acids is 2. The van der Waals surface area contributed by atoms with Crippen molar-refractivity contribution in [2.45, 2.75) is 19.3 Å². The van der Waals surface area contributed by atoms with Gasteiger partial charge in [-0.15, -0.1) is 0 Å². The second-order valence-corrected chi connectivity index (χ2v) is 6.97. The van der Waals surface area contributed by atoms with E-state index in [-0.39, 0.29) is 30.0 Å². The summed E-state index contributed by atoms with van der Waals surface area (Å²) in [5.41, 5.74) is 2.01. The highest BCUT2D eigenvalue weighted by Gasteiger charge is 2.33. The topological polar surface area (TPSA) is 58.6 Å². The minimum atomic E-state index is -0.321. The van der Waals surface area contributed by atoms with Crippen molar-refractivity contribution in [1.29, 1.82) is 0 Å². The quantitative estimate of drug-likeness (QED) is 0.761. The minimum Gasteiger partial charge on any atom is -0.496 e. The van der Waals surface area contributed by atoms with E-state index >= 15 is 0 Å². The fourth-order valence-corrected chi connectivity index (χ4v) is 3.45. The number of para-hydroxylation sites is 1. The predicted octanol–water partition coefficient (Wildman–Crippen LogP) is 2.58. The normalized spacial score (nSPS) is 16.3. The Hall–Kier alpha value is -2.89. The fraction of sp³-hybridized carbons (Fsp3) is 0.364. The van der Waals surface area contributed by atoms with Gasteiger partial charge in [0.15, 0.2) is 0 Å². The van der Waals surface area contributed by atoms with Gasteiger partial charge in [0, 0.05) is 26.1 Å². The molecule has 1 fully saturated rings. The summed E-state index contributed by atoms with van der Waals surface area (Å²) in [4.78, 5) is 26.4. The Morgan fingerprint density at radius 3 is 2.68 bits per heavy atom.